The fourth-order valence-corrected chi connectivity index (χ4v) is 2.30. The number of para-hydroxylation sites is 1. The van der Waals surface area contributed by atoms with Crippen molar-refractivity contribution in [1.82, 2.24) is 5.32 Å². The minimum atomic E-state index is -0.801. The van der Waals surface area contributed by atoms with Crippen LogP contribution in [0, 0.1) is 0 Å². The summed E-state index contributed by atoms with van der Waals surface area (Å²) in [5, 5.41) is 4.77. The Morgan fingerprint density at radius 3 is 2.28 bits per heavy atom. The van der Waals surface area contributed by atoms with E-state index in [2.05, 4.69) is 54.7 Å². The Kier molecular flexibility index (Phi) is 5.70. The normalized spacial score (nSPS) is 9.67. The largest absolute Gasteiger partial charge is 0.392 e. The van der Waals surface area contributed by atoms with E-state index in [4.69, 9.17) is 5.73 Å². The first kappa shape index (κ1) is 15.1. The molecule has 4 N–H and O–H groups in total. The maximum atomic E-state index is 11.6. The van der Waals surface area contributed by atoms with Gasteiger partial charge in [-0.2, -0.15) is 0 Å². The third kappa shape index (κ3) is 4.35. The van der Waals surface area contributed by atoms with E-state index in [-0.39, 0.29) is 11.5 Å². The molecular weight excluding hydrogens is 386 g/mol. The van der Waals surface area contributed by atoms with Crippen molar-refractivity contribution in [3.05, 3.63) is 27.1 Å². The molecule has 0 unspecified atom stereocenters. The number of halogens is 2. The topological polar surface area (TPSA) is 84.2 Å². The van der Waals surface area contributed by atoms with Crippen LogP contribution in [-0.4, -0.2) is 23.3 Å². The van der Waals surface area contributed by atoms with Crippen molar-refractivity contribution in [2.75, 3.05) is 11.9 Å². The summed E-state index contributed by atoms with van der Waals surface area (Å²) in [4.78, 5) is 23.1. The number of nitrogens with two attached hydrogens (primary N) is 1. The van der Waals surface area contributed by atoms with Gasteiger partial charge in [-0.15, -0.1) is 0 Å². The van der Waals surface area contributed by atoms with Crippen LogP contribution in [-0.2, 0) is 9.59 Å². The van der Waals surface area contributed by atoms with Crippen molar-refractivity contribution in [3.8, 4) is 0 Å². The number of amides is 2. The van der Waals surface area contributed by atoms with Gasteiger partial charge in [0.05, 0.1) is 17.2 Å². The average Bonchev–Trinajstić information content (AvgIpc) is 2.30. The predicted octanol–water partition coefficient (Wildman–Crippen LogP) is 1.55. The number of benzene rings is 1. The number of rotatable bonds is 3. The number of anilines is 1. The molecule has 0 aliphatic carbocycles. The van der Waals surface area contributed by atoms with Gasteiger partial charge in [-0.25, -0.2) is 0 Å². The van der Waals surface area contributed by atoms with E-state index >= 15 is 0 Å². The molecule has 0 fully saturated rings. The molecule has 0 aromatic heterocycles. The van der Waals surface area contributed by atoms with Crippen LogP contribution < -0.4 is 16.4 Å². The Labute approximate surface area is 126 Å². The molecule has 1 rings (SSSR count). The smallest absolute Gasteiger partial charge is 0.313 e. The second-order valence-electron chi connectivity index (χ2n) is 3.20. The Morgan fingerprint density at radius 2 is 1.78 bits per heavy atom. The van der Waals surface area contributed by atoms with Crippen LogP contribution in [0.1, 0.15) is 0 Å². The van der Waals surface area contributed by atoms with Crippen molar-refractivity contribution in [2.24, 2.45) is 5.73 Å². The summed E-state index contributed by atoms with van der Waals surface area (Å²) in [5.41, 5.74) is 5.69. The number of hydrogen-bond acceptors (Lipinski definition) is 3. The van der Waals surface area contributed by atoms with Crippen LogP contribution in [0.3, 0.4) is 0 Å². The monoisotopic (exact) mass is 393 g/mol. The van der Waals surface area contributed by atoms with Crippen LogP contribution >= 0.6 is 44.1 Å². The summed E-state index contributed by atoms with van der Waals surface area (Å²) in [6.45, 7) is -0.0152. The number of nitrogens with one attached hydrogen (secondary N) is 2. The summed E-state index contributed by atoms with van der Waals surface area (Å²) in [6, 6.07) is 5.28. The van der Waals surface area contributed by atoms with Crippen LogP contribution in [0.15, 0.2) is 27.1 Å². The second kappa shape index (κ2) is 6.81. The van der Waals surface area contributed by atoms with Gasteiger partial charge < -0.3 is 16.4 Å². The van der Waals surface area contributed by atoms with Gasteiger partial charge in [0.2, 0.25) is 0 Å². The zero-order valence-electron chi connectivity index (χ0n) is 9.00. The van der Waals surface area contributed by atoms with E-state index in [0.29, 0.717) is 14.6 Å². The summed E-state index contributed by atoms with van der Waals surface area (Å²) in [7, 11) is 0. The lowest BCUT2D eigenvalue weighted by molar-refractivity contribution is -0.135. The number of carbonyl (C=O) groups is 2. The van der Waals surface area contributed by atoms with Crippen LogP contribution in [0.4, 0.5) is 5.69 Å². The molecule has 0 spiro atoms. The maximum Gasteiger partial charge on any atom is 0.313 e. The molecule has 0 aliphatic rings. The van der Waals surface area contributed by atoms with Crippen molar-refractivity contribution in [2.45, 2.75) is 0 Å². The standard InChI is InChI=1S/C10H9Br2N3O2S/c11-5-2-1-3-6(12)8(5)15-10(17)9(16)14-4-7(13)18/h1-3H,4H2,(H2,13,18)(H,14,16)(H,15,17). The van der Waals surface area contributed by atoms with Gasteiger partial charge in [0.15, 0.2) is 0 Å². The molecule has 0 bridgehead atoms. The second-order valence-corrected chi connectivity index (χ2v) is 5.43. The summed E-state index contributed by atoms with van der Waals surface area (Å²) < 4.78 is 1.32. The molecule has 18 heavy (non-hydrogen) atoms. The highest BCUT2D eigenvalue weighted by Gasteiger charge is 2.16. The molecule has 0 saturated carbocycles. The molecule has 0 saturated heterocycles. The fraction of sp³-hybridized carbons (Fsp3) is 0.100. The van der Waals surface area contributed by atoms with Crippen molar-refractivity contribution in [3.63, 3.8) is 0 Å². The number of hydrogen-bond donors (Lipinski definition) is 3. The lowest BCUT2D eigenvalue weighted by atomic mass is 10.3. The highest BCUT2D eigenvalue weighted by molar-refractivity contribution is 9.11. The molecule has 0 heterocycles. The third-order valence-electron chi connectivity index (χ3n) is 1.83. The van der Waals surface area contributed by atoms with Gasteiger partial charge in [-0.1, -0.05) is 18.3 Å². The molecule has 8 heteroatoms. The lowest BCUT2D eigenvalue weighted by Crippen LogP contribution is -2.39. The highest BCUT2D eigenvalue weighted by atomic mass is 79.9. The number of thiocarbonyl (C=S) groups is 1. The minimum absolute atomic E-state index is 0.0152. The van der Waals surface area contributed by atoms with E-state index < -0.39 is 11.8 Å². The Hall–Kier alpha value is -0.990. The van der Waals surface area contributed by atoms with Gasteiger partial charge in [0.1, 0.15) is 0 Å². The van der Waals surface area contributed by atoms with Gasteiger partial charge >= 0.3 is 11.8 Å². The quantitative estimate of drug-likeness (QED) is 0.536. The predicted molar refractivity (Wildman–Crippen MR) is 80.3 cm³/mol. The van der Waals surface area contributed by atoms with Gasteiger partial charge in [-0.3, -0.25) is 9.59 Å². The Balaban J connectivity index is 2.70. The maximum absolute atomic E-state index is 11.6. The third-order valence-corrected chi connectivity index (χ3v) is 3.30. The fourth-order valence-electron chi connectivity index (χ4n) is 1.04. The average molecular weight is 395 g/mol. The Bertz CT molecular complexity index is 488. The number of carbonyl (C=O) groups excluding carboxylic acids is 2. The molecule has 0 atom stereocenters. The van der Waals surface area contributed by atoms with Gasteiger partial charge in [0.25, 0.3) is 0 Å². The van der Waals surface area contributed by atoms with Crippen molar-refractivity contribution in [1.29, 1.82) is 0 Å². The Morgan fingerprint density at radius 1 is 1.22 bits per heavy atom. The van der Waals surface area contributed by atoms with Crippen LogP contribution in [0.5, 0.6) is 0 Å². The molecule has 1 aromatic carbocycles. The summed E-state index contributed by atoms with van der Waals surface area (Å²) in [6.07, 6.45) is 0. The first-order chi connectivity index (χ1) is 8.41. The summed E-state index contributed by atoms with van der Waals surface area (Å²) >= 11 is 11.1. The first-order valence-corrected chi connectivity index (χ1v) is 6.72. The molecule has 0 radical (unpaired) electrons. The molecule has 96 valence electrons. The van der Waals surface area contributed by atoms with E-state index in [1.807, 2.05) is 0 Å². The molecule has 5 nitrogen and oxygen atoms in total. The van der Waals surface area contributed by atoms with Gasteiger partial charge in [-0.05, 0) is 44.0 Å². The van der Waals surface area contributed by atoms with E-state index in [0.717, 1.165) is 0 Å². The molecule has 0 aliphatic heterocycles. The van der Waals surface area contributed by atoms with Crippen molar-refractivity contribution < 1.29 is 9.59 Å². The van der Waals surface area contributed by atoms with E-state index in [1.54, 1.807) is 18.2 Å². The van der Waals surface area contributed by atoms with Crippen LogP contribution in [0.25, 0.3) is 0 Å². The molecule has 1 aromatic rings. The highest BCUT2D eigenvalue weighted by Crippen LogP contribution is 2.30. The van der Waals surface area contributed by atoms with Gasteiger partial charge in [0, 0.05) is 8.95 Å². The summed E-state index contributed by atoms with van der Waals surface area (Å²) in [5.74, 6) is -1.59. The van der Waals surface area contributed by atoms with Crippen LogP contribution in [0.2, 0.25) is 0 Å². The molecule has 2 amide bonds. The first-order valence-electron chi connectivity index (χ1n) is 4.73. The van der Waals surface area contributed by atoms with E-state index in [1.165, 1.54) is 0 Å². The molecular formula is C10H9Br2N3O2S. The lowest BCUT2D eigenvalue weighted by Gasteiger charge is -2.09. The minimum Gasteiger partial charge on any atom is -0.392 e. The zero-order chi connectivity index (χ0) is 13.7. The van der Waals surface area contributed by atoms with E-state index in [9.17, 15) is 9.59 Å². The van der Waals surface area contributed by atoms with Crippen molar-refractivity contribution >= 4 is 66.6 Å². The zero-order valence-corrected chi connectivity index (χ0v) is 13.0. The SMILES string of the molecule is NC(=S)CNC(=O)C(=O)Nc1c(Br)cccc1Br.